The molecule has 3 fully saturated rings. The lowest BCUT2D eigenvalue weighted by atomic mass is 9.91. The fourth-order valence-electron chi connectivity index (χ4n) is 7.98. The van der Waals surface area contributed by atoms with Crippen LogP contribution in [0.25, 0.3) is 0 Å². The first-order chi connectivity index (χ1) is 23.9. The van der Waals surface area contributed by atoms with E-state index in [1.165, 1.54) is 13.1 Å². The quantitative estimate of drug-likeness (QED) is 0.363. The van der Waals surface area contributed by atoms with Crippen LogP contribution in [-0.2, 0) is 28.7 Å². The third-order valence-electron chi connectivity index (χ3n) is 10.8. The van der Waals surface area contributed by atoms with Gasteiger partial charge >= 0.3 is 12.2 Å². The van der Waals surface area contributed by atoms with E-state index in [0.29, 0.717) is 51.6 Å². The molecule has 5 heterocycles. The molecule has 0 aliphatic carbocycles. The number of hydrogen-bond donors (Lipinski definition) is 2. The lowest BCUT2D eigenvalue weighted by molar-refractivity contribution is -0.143. The van der Waals surface area contributed by atoms with Gasteiger partial charge in [-0.05, 0) is 87.8 Å². The molecule has 0 saturated carbocycles. The molecule has 1 aromatic carbocycles. The van der Waals surface area contributed by atoms with E-state index in [1.54, 1.807) is 21.1 Å². The minimum Gasteiger partial charge on any atom is -0.386 e. The van der Waals surface area contributed by atoms with Crippen LogP contribution in [0.2, 0.25) is 5.02 Å². The maximum Gasteiger partial charge on any atom is 0.418 e. The van der Waals surface area contributed by atoms with Gasteiger partial charge in [-0.25, -0.2) is 4.79 Å². The van der Waals surface area contributed by atoms with Crippen LogP contribution >= 0.6 is 22.9 Å². The second-order valence-electron chi connectivity index (χ2n) is 14.0. The normalized spacial score (nSPS) is 21.1. The van der Waals surface area contributed by atoms with Crippen molar-refractivity contribution >= 4 is 52.2 Å². The Hall–Kier alpha value is -3.07. The highest BCUT2D eigenvalue weighted by molar-refractivity contribution is 7.10. The number of carbonyl (C=O) groups is 3. The Bertz CT molecular complexity index is 1540. The van der Waals surface area contributed by atoms with Crippen molar-refractivity contribution in [2.45, 2.75) is 69.8 Å². The van der Waals surface area contributed by atoms with Crippen molar-refractivity contribution in [2.75, 3.05) is 77.1 Å². The van der Waals surface area contributed by atoms with E-state index in [4.69, 9.17) is 11.6 Å². The number of fused-ring (bicyclic) bond motifs is 1. The van der Waals surface area contributed by atoms with E-state index < -0.39 is 17.7 Å². The molecule has 10 nitrogen and oxygen atoms in total. The molecule has 0 radical (unpaired) electrons. The molecule has 0 spiro atoms. The zero-order chi connectivity index (χ0) is 35.6. The molecule has 4 amide bonds. The Morgan fingerprint density at radius 1 is 1.00 bits per heavy atom. The minimum absolute atomic E-state index is 0.0220. The number of benzene rings is 1. The van der Waals surface area contributed by atoms with Gasteiger partial charge in [0.2, 0.25) is 11.8 Å². The summed E-state index contributed by atoms with van der Waals surface area (Å²) < 4.78 is 42.1. The average molecular weight is 738 g/mol. The fourth-order valence-corrected chi connectivity index (χ4v) is 9.15. The number of amides is 4. The first-order valence-corrected chi connectivity index (χ1v) is 18.9. The number of thiophene rings is 1. The fraction of sp³-hybridized carbons (Fsp3) is 0.629. The molecule has 4 aliphatic heterocycles. The van der Waals surface area contributed by atoms with Crippen molar-refractivity contribution < 1.29 is 27.6 Å². The molecule has 3 saturated heterocycles. The summed E-state index contributed by atoms with van der Waals surface area (Å²) in [5, 5.41) is 7.37. The van der Waals surface area contributed by atoms with E-state index in [0.717, 1.165) is 62.1 Å². The van der Waals surface area contributed by atoms with Crippen molar-refractivity contribution in [3.05, 3.63) is 44.6 Å². The molecule has 15 heteroatoms. The number of nitrogens with zero attached hydrogens (tertiary/aromatic N) is 5. The van der Waals surface area contributed by atoms with Gasteiger partial charge < -0.3 is 30.2 Å². The van der Waals surface area contributed by atoms with Crippen LogP contribution in [0.5, 0.6) is 0 Å². The summed E-state index contributed by atoms with van der Waals surface area (Å²) in [5.41, 5.74) is -0.00624. The van der Waals surface area contributed by atoms with Gasteiger partial charge in [-0.3, -0.25) is 14.5 Å². The van der Waals surface area contributed by atoms with Crippen molar-refractivity contribution in [3.63, 3.8) is 0 Å². The SMILES string of the molecule is CNc1c(Cl)cc(C[C@@H](CC(=O)N2CCC(N3Cc4sccc4NC3=O)CC2)C(=O)N2CCC(N3CCCN(C)CC3)CC2)cc1C(F)(F)F. The minimum atomic E-state index is -4.65. The highest BCUT2D eigenvalue weighted by Crippen LogP contribution is 2.40. The lowest BCUT2D eigenvalue weighted by Gasteiger charge is -2.41. The van der Waals surface area contributed by atoms with E-state index >= 15 is 0 Å². The molecular weight excluding hydrogens is 691 g/mol. The van der Waals surface area contributed by atoms with Crippen molar-refractivity contribution in [2.24, 2.45) is 5.92 Å². The van der Waals surface area contributed by atoms with Crippen LogP contribution in [-0.4, -0.2) is 121 Å². The molecule has 0 bridgehead atoms. The van der Waals surface area contributed by atoms with E-state index in [2.05, 4.69) is 27.5 Å². The number of nitrogens with one attached hydrogen (secondary N) is 2. The van der Waals surface area contributed by atoms with E-state index in [-0.39, 0.29) is 53.0 Å². The highest BCUT2D eigenvalue weighted by Gasteiger charge is 2.38. The summed E-state index contributed by atoms with van der Waals surface area (Å²) >= 11 is 7.93. The maximum atomic E-state index is 14.2. The van der Waals surface area contributed by atoms with Crippen molar-refractivity contribution in [1.82, 2.24) is 24.5 Å². The van der Waals surface area contributed by atoms with Crippen LogP contribution in [0.3, 0.4) is 0 Å². The molecule has 6 rings (SSSR count). The number of carbonyl (C=O) groups excluding carboxylic acids is 3. The lowest BCUT2D eigenvalue weighted by Crippen LogP contribution is -2.51. The number of piperidine rings is 2. The standard InChI is InChI=1S/C35H47ClF3N7O3S/c1-40-32-27(35(37,38)39)19-23(20-28(32)36)18-24(33(48)45-13-4-25(5-14-45)43-10-3-9-42(2)15-16-43)21-31(47)44-11-6-26(7-12-44)46-22-30-29(8-17-50-30)41-34(46)49/h8,17,19-20,24-26,40H,3-7,9-16,18,21-22H2,1-2H3,(H,41,49)/t24-/m0/s1. The third-order valence-corrected chi connectivity index (χ3v) is 12.0. The number of rotatable bonds is 8. The zero-order valence-corrected chi connectivity index (χ0v) is 30.3. The molecule has 0 unspecified atom stereocenters. The summed E-state index contributed by atoms with van der Waals surface area (Å²) in [4.78, 5) is 52.1. The molecule has 1 aromatic heterocycles. The van der Waals surface area contributed by atoms with Crippen molar-refractivity contribution in [3.8, 4) is 0 Å². The third kappa shape index (κ3) is 8.35. The van der Waals surface area contributed by atoms with E-state index in [9.17, 15) is 27.6 Å². The highest BCUT2D eigenvalue weighted by atomic mass is 35.5. The maximum absolute atomic E-state index is 14.2. The molecular formula is C35H47ClF3N7O3S. The molecule has 274 valence electrons. The molecule has 4 aliphatic rings. The van der Waals surface area contributed by atoms with Crippen LogP contribution in [0.1, 0.15) is 54.5 Å². The van der Waals surface area contributed by atoms with Crippen LogP contribution in [0.4, 0.5) is 29.3 Å². The predicted molar refractivity (Wildman–Crippen MR) is 190 cm³/mol. The number of alkyl halides is 3. The predicted octanol–water partition coefficient (Wildman–Crippen LogP) is 5.68. The Balaban J connectivity index is 1.14. The van der Waals surface area contributed by atoms with Gasteiger partial charge in [0.1, 0.15) is 0 Å². The molecule has 1 atom stereocenters. The number of hydrogen-bond acceptors (Lipinski definition) is 7. The average Bonchev–Trinajstić information content (AvgIpc) is 3.44. The summed E-state index contributed by atoms with van der Waals surface area (Å²) in [6.45, 7) is 6.59. The summed E-state index contributed by atoms with van der Waals surface area (Å²) in [5.74, 6) is -1.25. The van der Waals surface area contributed by atoms with Gasteiger partial charge in [-0.15, -0.1) is 11.3 Å². The Kier molecular flexibility index (Phi) is 11.5. The largest absolute Gasteiger partial charge is 0.418 e. The zero-order valence-electron chi connectivity index (χ0n) is 28.7. The van der Waals surface area contributed by atoms with Crippen LogP contribution in [0, 0.1) is 5.92 Å². The topological polar surface area (TPSA) is 91.5 Å². The second-order valence-corrected chi connectivity index (χ2v) is 15.4. The molecule has 2 N–H and O–H groups in total. The van der Waals surface area contributed by atoms with E-state index in [1.807, 2.05) is 16.3 Å². The van der Waals surface area contributed by atoms with Crippen molar-refractivity contribution in [1.29, 1.82) is 0 Å². The summed E-state index contributed by atoms with van der Waals surface area (Å²) in [7, 11) is 3.52. The summed E-state index contributed by atoms with van der Waals surface area (Å²) in [6, 6.07) is 4.62. The first-order valence-electron chi connectivity index (χ1n) is 17.6. The van der Waals surface area contributed by atoms with Gasteiger partial charge in [-0.2, -0.15) is 13.2 Å². The Morgan fingerprint density at radius 2 is 1.70 bits per heavy atom. The Morgan fingerprint density at radius 3 is 2.40 bits per heavy atom. The Labute approximate surface area is 300 Å². The monoisotopic (exact) mass is 737 g/mol. The number of likely N-dealkylation sites (N-methyl/N-ethyl adjacent to an activating group) is 1. The first kappa shape index (κ1) is 36.7. The van der Waals surface area contributed by atoms with Gasteiger partial charge in [0, 0.05) is 69.7 Å². The van der Waals surface area contributed by atoms with Gasteiger partial charge in [-0.1, -0.05) is 11.6 Å². The number of likely N-dealkylation sites (tertiary alicyclic amines) is 2. The number of urea groups is 1. The number of halogens is 4. The van der Waals surface area contributed by atoms with Crippen LogP contribution < -0.4 is 10.6 Å². The van der Waals surface area contributed by atoms with Gasteiger partial charge in [0.05, 0.1) is 34.4 Å². The smallest absolute Gasteiger partial charge is 0.386 e. The number of anilines is 2. The molecule has 2 aromatic rings. The van der Waals surface area contributed by atoms with Crippen LogP contribution in [0.15, 0.2) is 23.6 Å². The second kappa shape index (κ2) is 15.7. The van der Waals surface area contributed by atoms with Gasteiger partial charge in [0.25, 0.3) is 0 Å². The summed E-state index contributed by atoms with van der Waals surface area (Å²) in [6.07, 6.45) is -0.850. The van der Waals surface area contributed by atoms with Gasteiger partial charge in [0.15, 0.2) is 0 Å². The molecule has 50 heavy (non-hydrogen) atoms.